The Morgan fingerprint density at radius 3 is 1.90 bits per heavy atom. The molecule has 0 saturated heterocycles. The smallest absolute Gasteiger partial charge is 0.177 e. The van der Waals surface area contributed by atoms with Crippen LogP contribution in [0.3, 0.4) is 0 Å². The molecule has 9 heteroatoms. The average Bonchev–Trinajstić information content (AvgIpc) is 3.72. The molecular weight excluding hydrogens is 535 g/mol. The van der Waals surface area contributed by atoms with Crippen LogP contribution < -0.4 is 19.0 Å². The molecule has 2 aliphatic heterocycles. The van der Waals surface area contributed by atoms with Gasteiger partial charge in [0.1, 0.15) is 18.4 Å². The van der Waals surface area contributed by atoms with Crippen LogP contribution in [0.4, 0.5) is 0 Å². The molecule has 8 bridgehead atoms. The number of methoxy groups -OCH3 is 3. The SMILES string of the molecule is COc1cc2cc3nc(cc4nc(cc5c(-c6ccccc6)c(OC)c(c(OC)c1[nH]2)n5OC)C=C4)C=C3.[Mn]. The largest absolute Gasteiger partial charge is 0.494 e. The van der Waals surface area contributed by atoms with Crippen LogP contribution in [0, 0.1) is 0 Å². The molecule has 0 spiro atoms. The van der Waals surface area contributed by atoms with Gasteiger partial charge in [0.2, 0.25) is 0 Å². The zero-order valence-corrected chi connectivity index (χ0v) is 23.0. The van der Waals surface area contributed by atoms with Gasteiger partial charge in [-0.1, -0.05) is 30.3 Å². The molecule has 5 heterocycles. The van der Waals surface area contributed by atoms with E-state index in [1.807, 2.05) is 78.9 Å². The van der Waals surface area contributed by atoms with E-state index < -0.39 is 0 Å². The van der Waals surface area contributed by atoms with Gasteiger partial charge in [-0.05, 0) is 48.1 Å². The van der Waals surface area contributed by atoms with Gasteiger partial charge in [0.25, 0.3) is 0 Å². The van der Waals surface area contributed by atoms with Crippen LogP contribution in [-0.2, 0) is 17.1 Å². The molecule has 8 nitrogen and oxygen atoms in total. The van der Waals surface area contributed by atoms with E-state index >= 15 is 0 Å². The van der Waals surface area contributed by atoms with Crippen molar-refractivity contribution in [3.05, 3.63) is 77.4 Å². The first-order chi connectivity index (χ1) is 18.6. The molecule has 0 fully saturated rings. The van der Waals surface area contributed by atoms with E-state index in [4.69, 9.17) is 29.0 Å². The number of nitrogens with zero attached hydrogens (tertiary/aromatic N) is 3. The summed E-state index contributed by atoms with van der Waals surface area (Å²) in [7, 11) is 6.49. The molecule has 0 unspecified atom stereocenters. The molecule has 1 radical (unpaired) electrons. The summed E-state index contributed by atoms with van der Waals surface area (Å²) in [5.74, 6) is 1.69. The van der Waals surface area contributed by atoms with Gasteiger partial charge >= 0.3 is 0 Å². The number of aromatic amines is 1. The first-order valence-corrected chi connectivity index (χ1v) is 12.1. The van der Waals surface area contributed by atoms with Gasteiger partial charge in [-0.15, -0.1) is 0 Å². The van der Waals surface area contributed by atoms with Crippen molar-refractivity contribution < 1.29 is 36.1 Å². The van der Waals surface area contributed by atoms with Crippen molar-refractivity contribution in [2.45, 2.75) is 0 Å². The first-order valence-electron chi connectivity index (χ1n) is 12.1. The maximum atomic E-state index is 6.06. The van der Waals surface area contributed by atoms with E-state index in [2.05, 4.69) is 4.98 Å². The molecule has 197 valence electrons. The standard InChI is InChI=1S/C30H26N4O4.Mn/c1-35-25-17-23-15-21-11-10-19(31-21)14-20-12-13-22(32-20)16-24-26(18-8-6-5-7-9-18)29(36-2)28(34(24)38-4)30(37-3)27(25)33-23;/h5-17,33H,1-4H3;. The van der Waals surface area contributed by atoms with Gasteiger partial charge in [0, 0.05) is 28.7 Å². The van der Waals surface area contributed by atoms with Crippen LogP contribution >= 0.6 is 0 Å². The minimum atomic E-state index is 0. The Morgan fingerprint density at radius 1 is 0.692 bits per heavy atom. The Kier molecular flexibility index (Phi) is 7.19. The second-order valence-electron chi connectivity index (χ2n) is 8.71. The summed E-state index contributed by atoms with van der Waals surface area (Å²) in [6.45, 7) is 0. The van der Waals surface area contributed by atoms with Crippen molar-refractivity contribution >= 4 is 46.4 Å². The predicted molar refractivity (Wildman–Crippen MR) is 150 cm³/mol. The first kappa shape index (κ1) is 26.2. The monoisotopic (exact) mass is 561 g/mol. The molecule has 0 aliphatic carbocycles. The van der Waals surface area contributed by atoms with Crippen LogP contribution in [0.1, 0.15) is 22.8 Å². The van der Waals surface area contributed by atoms with E-state index in [1.165, 1.54) is 0 Å². The number of aromatic nitrogens is 4. The van der Waals surface area contributed by atoms with Crippen LogP contribution in [0.2, 0.25) is 0 Å². The van der Waals surface area contributed by atoms with Gasteiger partial charge in [-0.2, -0.15) is 4.73 Å². The van der Waals surface area contributed by atoms with Crippen molar-refractivity contribution in [2.75, 3.05) is 28.4 Å². The normalized spacial score (nSPS) is 11.7. The maximum Gasteiger partial charge on any atom is 0.177 e. The number of fused-ring (bicyclic) bond motifs is 8. The molecule has 6 rings (SSSR count). The van der Waals surface area contributed by atoms with Crippen LogP contribution in [0.25, 0.3) is 57.5 Å². The van der Waals surface area contributed by atoms with Crippen molar-refractivity contribution in [3.8, 4) is 28.4 Å². The molecule has 1 aromatic carbocycles. The maximum absolute atomic E-state index is 6.06. The van der Waals surface area contributed by atoms with Gasteiger partial charge in [0.05, 0.1) is 55.2 Å². The third-order valence-corrected chi connectivity index (χ3v) is 6.49. The summed E-state index contributed by atoms with van der Waals surface area (Å²) in [6, 6.07) is 17.8. The molecular formula is C30H26MnN4O4. The van der Waals surface area contributed by atoms with Crippen molar-refractivity contribution in [1.29, 1.82) is 0 Å². The van der Waals surface area contributed by atoms with Crippen molar-refractivity contribution in [1.82, 2.24) is 19.7 Å². The quantitative estimate of drug-likeness (QED) is 0.265. The fraction of sp³-hybridized carbons (Fsp3) is 0.133. The molecule has 39 heavy (non-hydrogen) atoms. The molecule has 0 atom stereocenters. The number of H-pyrrole nitrogens is 1. The number of hydrogen-bond acceptors (Lipinski definition) is 6. The fourth-order valence-corrected chi connectivity index (χ4v) is 4.89. The molecule has 3 aromatic heterocycles. The molecule has 0 saturated carbocycles. The molecule has 2 aliphatic rings. The summed E-state index contributed by atoms with van der Waals surface area (Å²) in [5.41, 5.74) is 7.80. The summed E-state index contributed by atoms with van der Waals surface area (Å²) in [6.07, 6.45) is 7.87. The van der Waals surface area contributed by atoms with E-state index in [0.29, 0.717) is 28.3 Å². The Hall–Kier alpha value is -4.46. The minimum Gasteiger partial charge on any atom is -0.494 e. The number of nitrogens with one attached hydrogen (secondary N) is 1. The van der Waals surface area contributed by atoms with Gasteiger partial charge in [-0.3, -0.25) is 0 Å². The summed E-state index contributed by atoms with van der Waals surface area (Å²) in [5, 5.41) is 0. The Bertz CT molecular complexity index is 1770. The second-order valence-corrected chi connectivity index (χ2v) is 8.71. The number of benzene rings is 1. The Morgan fingerprint density at radius 2 is 1.31 bits per heavy atom. The van der Waals surface area contributed by atoms with Crippen LogP contribution in [0.15, 0.2) is 54.6 Å². The van der Waals surface area contributed by atoms with Crippen LogP contribution in [-0.4, -0.2) is 48.1 Å². The number of rotatable bonds is 5. The van der Waals surface area contributed by atoms with E-state index in [9.17, 15) is 0 Å². The molecule has 1 N–H and O–H groups in total. The van der Waals surface area contributed by atoms with Gasteiger partial charge in [-0.25, -0.2) is 9.97 Å². The van der Waals surface area contributed by atoms with E-state index in [0.717, 1.165) is 44.9 Å². The van der Waals surface area contributed by atoms with Gasteiger partial charge in [0.15, 0.2) is 17.0 Å². The topological polar surface area (TPSA) is 83.4 Å². The zero-order chi connectivity index (χ0) is 26.2. The van der Waals surface area contributed by atoms with Gasteiger partial charge < -0.3 is 24.0 Å². The van der Waals surface area contributed by atoms with Crippen molar-refractivity contribution in [2.24, 2.45) is 0 Å². The number of hydrogen-bond donors (Lipinski definition) is 1. The second kappa shape index (κ2) is 10.7. The fourth-order valence-electron chi connectivity index (χ4n) is 4.89. The zero-order valence-electron chi connectivity index (χ0n) is 21.9. The Balaban J connectivity index is 0.00000308. The Labute approximate surface area is 236 Å². The third-order valence-electron chi connectivity index (χ3n) is 6.49. The predicted octanol–water partition coefficient (Wildman–Crippen LogP) is 5.88. The number of ether oxygens (including phenoxy) is 3. The van der Waals surface area contributed by atoms with Crippen LogP contribution in [0.5, 0.6) is 17.2 Å². The third kappa shape index (κ3) is 4.56. The summed E-state index contributed by atoms with van der Waals surface area (Å²) < 4.78 is 19.5. The minimum absolute atomic E-state index is 0. The summed E-state index contributed by atoms with van der Waals surface area (Å²) in [4.78, 5) is 19.0. The average molecular weight is 562 g/mol. The molecule has 0 amide bonds. The van der Waals surface area contributed by atoms with E-state index in [1.54, 1.807) is 33.2 Å². The van der Waals surface area contributed by atoms with Crippen molar-refractivity contribution in [3.63, 3.8) is 0 Å². The molecule has 4 aromatic rings. The summed E-state index contributed by atoms with van der Waals surface area (Å²) >= 11 is 0. The van der Waals surface area contributed by atoms with E-state index in [-0.39, 0.29) is 17.1 Å².